The van der Waals surface area contributed by atoms with Crippen LogP contribution in [-0.2, 0) is 19.6 Å². The van der Waals surface area contributed by atoms with E-state index in [-0.39, 0.29) is 18.0 Å². The molecule has 0 saturated heterocycles. The molecule has 6 heteroatoms. The molecule has 4 rings (SSSR count). The van der Waals surface area contributed by atoms with E-state index in [1.54, 1.807) is 28.8 Å². The van der Waals surface area contributed by atoms with E-state index in [0.29, 0.717) is 33.8 Å². The number of ether oxygens (including phenoxy) is 1. The molecule has 2 aromatic carbocycles. The van der Waals surface area contributed by atoms with Gasteiger partial charge in [0, 0.05) is 18.5 Å². The SMILES string of the molecule is O=c1c2cc(OCc3ccc(F)cc3Cl)ccc2nc2n1CCC2. The molecule has 24 heavy (non-hydrogen) atoms. The van der Waals surface area contributed by atoms with Crippen LogP contribution in [0.2, 0.25) is 5.02 Å². The Morgan fingerprint density at radius 3 is 2.96 bits per heavy atom. The average molecular weight is 345 g/mol. The van der Waals surface area contributed by atoms with E-state index in [0.717, 1.165) is 18.7 Å². The number of nitrogens with zero attached hydrogens (tertiary/aromatic N) is 2. The summed E-state index contributed by atoms with van der Waals surface area (Å²) in [5, 5.41) is 0.860. The number of aryl methyl sites for hydroxylation is 1. The van der Waals surface area contributed by atoms with E-state index < -0.39 is 0 Å². The minimum absolute atomic E-state index is 0.0298. The van der Waals surface area contributed by atoms with Gasteiger partial charge in [-0.15, -0.1) is 0 Å². The second kappa shape index (κ2) is 5.91. The fourth-order valence-corrected chi connectivity index (χ4v) is 3.17. The van der Waals surface area contributed by atoms with E-state index in [4.69, 9.17) is 16.3 Å². The first kappa shape index (κ1) is 15.1. The van der Waals surface area contributed by atoms with Crippen molar-refractivity contribution in [1.82, 2.24) is 9.55 Å². The van der Waals surface area contributed by atoms with Crippen molar-refractivity contribution in [3.05, 3.63) is 69.0 Å². The maximum Gasteiger partial charge on any atom is 0.261 e. The lowest BCUT2D eigenvalue weighted by molar-refractivity contribution is 0.306. The molecule has 1 aromatic heterocycles. The van der Waals surface area contributed by atoms with E-state index in [9.17, 15) is 9.18 Å². The van der Waals surface area contributed by atoms with E-state index >= 15 is 0 Å². The van der Waals surface area contributed by atoms with Crippen LogP contribution >= 0.6 is 11.6 Å². The Kier molecular flexibility index (Phi) is 3.73. The molecule has 0 unspecified atom stereocenters. The highest BCUT2D eigenvalue weighted by molar-refractivity contribution is 6.31. The summed E-state index contributed by atoms with van der Waals surface area (Å²) < 4.78 is 20.5. The number of hydrogen-bond donors (Lipinski definition) is 0. The molecule has 0 amide bonds. The summed E-state index contributed by atoms with van der Waals surface area (Å²) in [6.07, 6.45) is 1.79. The van der Waals surface area contributed by atoms with Gasteiger partial charge in [-0.05, 0) is 36.8 Å². The van der Waals surface area contributed by atoms with Gasteiger partial charge in [-0.25, -0.2) is 9.37 Å². The maximum absolute atomic E-state index is 13.1. The Morgan fingerprint density at radius 1 is 1.25 bits per heavy atom. The van der Waals surface area contributed by atoms with Gasteiger partial charge in [-0.3, -0.25) is 9.36 Å². The molecule has 1 aliphatic rings. The largest absolute Gasteiger partial charge is 0.489 e. The van der Waals surface area contributed by atoms with Crippen molar-refractivity contribution < 1.29 is 9.13 Å². The monoisotopic (exact) mass is 344 g/mol. The molecule has 0 saturated carbocycles. The third-order valence-electron chi connectivity index (χ3n) is 4.20. The van der Waals surface area contributed by atoms with Crippen molar-refractivity contribution in [1.29, 1.82) is 0 Å². The van der Waals surface area contributed by atoms with Crippen molar-refractivity contribution in [2.45, 2.75) is 26.0 Å². The molecule has 2 heterocycles. The molecular weight excluding hydrogens is 331 g/mol. The van der Waals surface area contributed by atoms with E-state index in [1.807, 2.05) is 0 Å². The number of hydrogen-bond acceptors (Lipinski definition) is 3. The standard InChI is InChI=1S/C18H14ClFN2O2/c19-15-8-12(20)4-3-11(15)10-24-13-5-6-16-14(9-13)18(23)22-7-1-2-17(22)21-16/h3-6,8-9H,1-2,7,10H2. The molecule has 0 radical (unpaired) electrons. The van der Waals surface area contributed by atoms with Crippen LogP contribution in [-0.4, -0.2) is 9.55 Å². The Bertz CT molecular complexity index is 1000. The second-order valence-electron chi connectivity index (χ2n) is 5.79. The van der Waals surface area contributed by atoms with Crippen LogP contribution in [0.15, 0.2) is 41.2 Å². The topological polar surface area (TPSA) is 44.1 Å². The minimum atomic E-state index is -0.387. The first-order valence-electron chi connectivity index (χ1n) is 7.72. The summed E-state index contributed by atoms with van der Waals surface area (Å²) in [4.78, 5) is 17.1. The molecule has 4 nitrogen and oxygen atoms in total. The quantitative estimate of drug-likeness (QED) is 0.727. The van der Waals surface area contributed by atoms with Gasteiger partial charge in [0.1, 0.15) is 24.0 Å². The highest BCUT2D eigenvalue weighted by Crippen LogP contribution is 2.23. The van der Waals surface area contributed by atoms with Gasteiger partial charge in [0.25, 0.3) is 5.56 Å². The number of rotatable bonds is 3. The zero-order valence-corrected chi connectivity index (χ0v) is 13.5. The third-order valence-corrected chi connectivity index (χ3v) is 4.55. The fourth-order valence-electron chi connectivity index (χ4n) is 2.95. The molecule has 0 N–H and O–H groups in total. The first-order chi connectivity index (χ1) is 11.6. The molecule has 0 fully saturated rings. The van der Waals surface area contributed by atoms with Crippen molar-refractivity contribution in [2.75, 3.05) is 0 Å². The van der Waals surface area contributed by atoms with Crippen LogP contribution < -0.4 is 10.3 Å². The Labute approximate surface area is 142 Å². The molecular formula is C18H14ClFN2O2. The van der Waals surface area contributed by atoms with Gasteiger partial charge in [0.15, 0.2) is 0 Å². The van der Waals surface area contributed by atoms with Crippen LogP contribution in [0, 0.1) is 5.82 Å². The zero-order valence-electron chi connectivity index (χ0n) is 12.8. The van der Waals surface area contributed by atoms with E-state index in [2.05, 4.69) is 4.98 Å². The lowest BCUT2D eigenvalue weighted by Crippen LogP contribution is -2.20. The summed E-state index contributed by atoms with van der Waals surface area (Å²) >= 11 is 6.00. The molecule has 0 spiro atoms. The molecule has 3 aromatic rings. The fraction of sp³-hybridized carbons (Fsp3) is 0.222. The van der Waals surface area contributed by atoms with Crippen LogP contribution in [0.3, 0.4) is 0 Å². The smallest absolute Gasteiger partial charge is 0.261 e. The summed E-state index contributed by atoms with van der Waals surface area (Å²) in [7, 11) is 0. The number of benzene rings is 2. The van der Waals surface area contributed by atoms with Gasteiger partial charge in [0.05, 0.1) is 15.9 Å². The van der Waals surface area contributed by atoms with Crippen molar-refractivity contribution in [3.63, 3.8) is 0 Å². The summed E-state index contributed by atoms with van der Waals surface area (Å²) in [6, 6.07) is 9.44. The molecule has 0 atom stereocenters. The van der Waals surface area contributed by atoms with Crippen LogP contribution in [0.5, 0.6) is 5.75 Å². The van der Waals surface area contributed by atoms with Crippen LogP contribution in [0.1, 0.15) is 17.8 Å². The molecule has 122 valence electrons. The molecule has 1 aliphatic heterocycles. The van der Waals surface area contributed by atoms with Crippen molar-refractivity contribution in [2.24, 2.45) is 0 Å². The lowest BCUT2D eigenvalue weighted by atomic mass is 10.2. The number of fused-ring (bicyclic) bond motifs is 2. The Hall–Kier alpha value is -2.40. The Balaban J connectivity index is 1.64. The van der Waals surface area contributed by atoms with Crippen molar-refractivity contribution in [3.8, 4) is 5.75 Å². The molecule has 0 bridgehead atoms. The van der Waals surface area contributed by atoms with Crippen LogP contribution in [0.4, 0.5) is 4.39 Å². The first-order valence-corrected chi connectivity index (χ1v) is 8.10. The highest BCUT2D eigenvalue weighted by atomic mass is 35.5. The summed E-state index contributed by atoms with van der Waals surface area (Å²) in [6.45, 7) is 0.914. The second-order valence-corrected chi connectivity index (χ2v) is 6.20. The van der Waals surface area contributed by atoms with Crippen LogP contribution in [0.25, 0.3) is 10.9 Å². The normalized spacial score (nSPS) is 13.2. The molecule has 0 aliphatic carbocycles. The summed E-state index contributed by atoms with van der Waals surface area (Å²) in [5.41, 5.74) is 1.33. The number of aromatic nitrogens is 2. The van der Waals surface area contributed by atoms with Gasteiger partial charge in [-0.1, -0.05) is 17.7 Å². The van der Waals surface area contributed by atoms with Crippen molar-refractivity contribution >= 4 is 22.5 Å². The summed E-state index contributed by atoms with van der Waals surface area (Å²) in [5.74, 6) is 1.02. The van der Waals surface area contributed by atoms with Gasteiger partial charge < -0.3 is 4.74 Å². The van der Waals surface area contributed by atoms with Gasteiger partial charge >= 0.3 is 0 Å². The average Bonchev–Trinajstić information content (AvgIpc) is 3.03. The minimum Gasteiger partial charge on any atom is -0.489 e. The predicted molar refractivity (Wildman–Crippen MR) is 90.1 cm³/mol. The van der Waals surface area contributed by atoms with E-state index in [1.165, 1.54) is 12.1 Å². The maximum atomic E-state index is 13.1. The lowest BCUT2D eigenvalue weighted by Gasteiger charge is -2.10. The third kappa shape index (κ3) is 2.65. The highest BCUT2D eigenvalue weighted by Gasteiger charge is 2.16. The zero-order chi connectivity index (χ0) is 16.7. The predicted octanol–water partition coefficient (Wildman–Crippen LogP) is 3.71. The Morgan fingerprint density at radius 2 is 2.12 bits per heavy atom. The number of halogens is 2. The van der Waals surface area contributed by atoms with Gasteiger partial charge in [0.2, 0.25) is 0 Å². The van der Waals surface area contributed by atoms with Gasteiger partial charge in [-0.2, -0.15) is 0 Å².